The summed E-state index contributed by atoms with van der Waals surface area (Å²) in [6.07, 6.45) is 6.71. The molecule has 0 aliphatic carbocycles. The third-order valence-electron chi connectivity index (χ3n) is 1.30. The lowest BCUT2D eigenvalue weighted by molar-refractivity contribution is 0.156. The van der Waals surface area contributed by atoms with E-state index in [1.807, 2.05) is 0 Å². The standard InChI is InChI=1S/C8H8N2O2/c1-2-3-8-7(9-6-11)4-5-12-10-8/h2,4-5,10H,1,3H2. The fraction of sp³-hybridized carbons (Fsp3) is 0.125. The Hall–Kier alpha value is -1.80. The van der Waals surface area contributed by atoms with Crippen molar-refractivity contribution in [1.29, 1.82) is 0 Å². The minimum Gasteiger partial charge on any atom is -0.390 e. The first-order valence-corrected chi connectivity index (χ1v) is 3.38. The summed E-state index contributed by atoms with van der Waals surface area (Å²) >= 11 is 0. The number of hydroxylamine groups is 1. The number of hydrogen-bond acceptors (Lipinski definition) is 4. The maximum Gasteiger partial charge on any atom is 0.240 e. The Morgan fingerprint density at radius 2 is 2.67 bits per heavy atom. The Balaban J connectivity index is 2.90. The zero-order chi connectivity index (χ0) is 8.81. The van der Waals surface area contributed by atoms with E-state index in [0.29, 0.717) is 17.8 Å². The molecule has 0 spiro atoms. The molecule has 0 bridgehead atoms. The van der Waals surface area contributed by atoms with Crippen molar-refractivity contribution >= 4 is 6.08 Å². The molecule has 4 heteroatoms. The minimum atomic E-state index is 0.524. The van der Waals surface area contributed by atoms with Crippen molar-refractivity contribution in [2.75, 3.05) is 0 Å². The largest absolute Gasteiger partial charge is 0.390 e. The van der Waals surface area contributed by atoms with E-state index in [0.717, 1.165) is 0 Å². The molecule has 0 aromatic heterocycles. The average molecular weight is 164 g/mol. The highest BCUT2D eigenvalue weighted by Gasteiger charge is 2.05. The molecule has 4 nitrogen and oxygen atoms in total. The van der Waals surface area contributed by atoms with Gasteiger partial charge in [0, 0.05) is 12.5 Å². The van der Waals surface area contributed by atoms with Gasteiger partial charge in [-0.05, 0) is 0 Å². The van der Waals surface area contributed by atoms with E-state index in [1.54, 1.807) is 12.2 Å². The first-order chi connectivity index (χ1) is 5.88. The van der Waals surface area contributed by atoms with E-state index in [9.17, 15) is 4.79 Å². The van der Waals surface area contributed by atoms with Crippen molar-refractivity contribution in [3.63, 3.8) is 0 Å². The van der Waals surface area contributed by atoms with Gasteiger partial charge in [0.15, 0.2) is 0 Å². The predicted octanol–water partition coefficient (Wildman–Crippen LogP) is 1.16. The molecule has 0 fully saturated rings. The Bertz CT molecular complexity index is 285. The number of allylic oxidation sites excluding steroid dienone is 2. The summed E-state index contributed by atoms with van der Waals surface area (Å²) in [5.74, 6) is 0. The molecular formula is C8H8N2O2. The van der Waals surface area contributed by atoms with Crippen molar-refractivity contribution in [2.45, 2.75) is 6.42 Å². The SMILES string of the molecule is C=CCC1=C(N=C=O)C=CON1. The lowest BCUT2D eigenvalue weighted by atomic mass is 10.2. The van der Waals surface area contributed by atoms with Crippen molar-refractivity contribution in [1.82, 2.24) is 5.48 Å². The molecule has 0 saturated heterocycles. The van der Waals surface area contributed by atoms with Gasteiger partial charge in [-0.2, -0.15) is 4.99 Å². The van der Waals surface area contributed by atoms with Crippen molar-refractivity contribution in [3.8, 4) is 0 Å². The number of carbonyl (C=O) groups excluding carboxylic acids is 1. The van der Waals surface area contributed by atoms with Crippen molar-refractivity contribution in [3.05, 3.63) is 36.4 Å². The Kier molecular flexibility index (Phi) is 2.87. The molecule has 0 aromatic carbocycles. The van der Waals surface area contributed by atoms with Gasteiger partial charge in [0.25, 0.3) is 0 Å². The van der Waals surface area contributed by atoms with E-state index in [2.05, 4.69) is 17.1 Å². The Morgan fingerprint density at radius 3 is 3.33 bits per heavy atom. The fourth-order valence-corrected chi connectivity index (χ4v) is 0.801. The highest BCUT2D eigenvalue weighted by atomic mass is 16.6. The van der Waals surface area contributed by atoms with E-state index >= 15 is 0 Å². The quantitative estimate of drug-likeness (QED) is 0.387. The predicted molar refractivity (Wildman–Crippen MR) is 43.3 cm³/mol. The highest BCUT2D eigenvalue weighted by molar-refractivity contribution is 5.41. The normalized spacial score (nSPS) is 14.3. The van der Waals surface area contributed by atoms with Crippen LogP contribution < -0.4 is 5.48 Å². The number of isocyanates is 1. The zero-order valence-corrected chi connectivity index (χ0v) is 6.41. The van der Waals surface area contributed by atoms with E-state index < -0.39 is 0 Å². The summed E-state index contributed by atoms with van der Waals surface area (Å²) in [6, 6.07) is 0. The molecule has 0 unspecified atom stereocenters. The summed E-state index contributed by atoms with van der Waals surface area (Å²) in [7, 11) is 0. The van der Waals surface area contributed by atoms with E-state index in [1.165, 1.54) is 12.3 Å². The topological polar surface area (TPSA) is 50.7 Å². The van der Waals surface area contributed by atoms with Crippen LogP contribution in [0.3, 0.4) is 0 Å². The van der Waals surface area contributed by atoms with Crippen LogP contribution in [0.15, 0.2) is 41.4 Å². The third-order valence-corrected chi connectivity index (χ3v) is 1.30. The van der Waals surface area contributed by atoms with Crippen molar-refractivity contribution in [2.24, 2.45) is 4.99 Å². The second kappa shape index (κ2) is 4.16. The number of aliphatic imine (C=N–C) groups is 1. The molecule has 0 amide bonds. The summed E-state index contributed by atoms with van der Waals surface area (Å²) < 4.78 is 0. The lowest BCUT2D eigenvalue weighted by Crippen LogP contribution is -2.15. The molecule has 12 heavy (non-hydrogen) atoms. The van der Waals surface area contributed by atoms with Gasteiger partial charge in [0.05, 0.1) is 5.70 Å². The molecule has 1 heterocycles. The molecule has 1 N–H and O–H groups in total. The van der Waals surface area contributed by atoms with E-state index in [4.69, 9.17) is 4.84 Å². The average Bonchev–Trinajstić information content (AvgIpc) is 2.09. The second-order valence-electron chi connectivity index (χ2n) is 2.08. The molecular weight excluding hydrogens is 156 g/mol. The number of hydrogen-bond donors (Lipinski definition) is 1. The van der Waals surface area contributed by atoms with Crippen LogP contribution in [0.25, 0.3) is 0 Å². The second-order valence-corrected chi connectivity index (χ2v) is 2.08. The smallest absolute Gasteiger partial charge is 0.240 e. The Morgan fingerprint density at radius 1 is 1.83 bits per heavy atom. The fourth-order valence-electron chi connectivity index (χ4n) is 0.801. The van der Waals surface area contributed by atoms with Gasteiger partial charge in [0.2, 0.25) is 6.08 Å². The number of nitrogens with one attached hydrogen (secondary N) is 1. The van der Waals surface area contributed by atoms with Crippen LogP contribution in [0, 0.1) is 0 Å². The van der Waals surface area contributed by atoms with Crippen LogP contribution in [0.1, 0.15) is 6.42 Å². The molecule has 0 saturated carbocycles. The molecule has 0 aromatic rings. The van der Waals surface area contributed by atoms with E-state index in [-0.39, 0.29) is 0 Å². The number of nitrogens with zero attached hydrogens (tertiary/aromatic N) is 1. The van der Waals surface area contributed by atoms with Gasteiger partial charge in [-0.15, -0.1) is 6.58 Å². The number of rotatable bonds is 3. The van der Waals surface area contributed by atoms with Crippen molar-refractivity contribution < 1.29 is 9.63 Å². The maximum absolute atomic E-state index is 9.97. The van der Waals surface area contributed by atoms with Crippen LogP contribution in [-0.4, -0.2) is 6.08 Å². The Labute approximate surface area is 69.9 Å². The van der Waals surface area contributed by atoms with Crippen LogP contribution in [0.2, 0.25) is 0 Å². The van der Waals surface area contributed by atoms with Gasteiger partial charge in [-0.3, -0.25) is 0 Å². The molecule has 1 aliphatic heterocycles. The maximum atomic E-state index is 9.97. The molecule has 0 radical (unpaired) electrons. The van der Waals surface area contributed by atoms with Gasteiger partial charge >= 0.3 is 0 Å². The zero-order valence-electron chi connectivity index (χ0n) is 6.41. The monoisotopic (exact) mass is 164 g/mol. The molecule has 1 rings (SSSR count). The summed E-state index contributed by atoms with van der Waals surface area (Å²) in [6.45, 7) is 3.56. The van der Waals surface area contributed by atoms with Gasteiger partial charge in [0.1, 0.15) is 12.0 Å². The third kappa shape index (κ3) is 1.84. The summed E-state index contributed by atoms with van der Waals surface area (Å²) in [5, 5.41) is 0. The first-order valence-electron chi connectivity index (χ1n) is 3.38. The van der Waals surface area contributed by atoms with Gasteiger partial charge in [-0.1, -0.05) is 6.08 Å². The molecule has 0 atom stereocenters. The summed E-state index contributed by atoms with van der Waals surface area (Å²) in [4.78, 5) is 18.2. The van der Waals surface area contributed by atoms with Crippen LogP contribution in [0.4, 0.5) is 0 Å². The highest BCUT2D eigenvalue weighted by Crippen LogP contribution is 2.12. The van der Waals surface area contributed by atoms with Gasteiger partial charge < -0.3 is 4.84 Å². The van der Waals surface area contributed by atoms with Gasteiger partial charge in [-0.25, -0.2) is 10.3 Å². The lowest BCUT2D eigenvalue weighted by Gasteiger charge is -2.12. The first kappa shape index (κ1) is 8.30. The summed E-state index contributed by atoms with van der Waals surface area (Å²) in [5.41, 5.74) is 3.83. The van der Waals surface area contributed by atoms with Crippen LogP contribution >= 0.6 is 0 Å². The van der Waals surface area contributed by atoms with Crippen LogP contribution in [0.5, 0.6) is 0 Å². The molecule has 62 valence electrons. The van der Waals surface area contributed by atoms with Crippen LogP contribution in [-0.2, 0) is 9.63 Å². The molecule has 1 aliphatic rings. The minimum absolute atomic E-state index is 0.524.